The summed E-state index contributed by atoms with van der Waals surface area (Å²) in [4.78, 5) is 20.4. The molecule has 0 N–H and O–H groups in total. The largest absolute Gasteiger partial charge is 0.331 e. The second-order valence-corrected chi connectivity index (χ2v) is 6.17. The number of hydrogen-bond acceptors (Lipinski definition) is 3. The Kier molecular flexibility index (Phi) is 6.07. The van der Waals surface area contributed by atoms with Crippen molar-refractivity contribution in [2.24, 2.45) is 0 Å². The van der Waals surface area contributed by atoms with Crippen LogP contribution in [-0.4, -0.2) is 92.1 Å². The number of urea groups is 1. The third-order valence-corrected chi connectivity index (χ3v) is 3.78. The molecule has 112 valence electrons. The summed E-state index contributed by atoms with van der Waals surface area (Å²) >= 11 is 0. The Bertz CT molecular complexity index is 281. The molecule has 0 radical (unpaired) electrons. The summed E-state index contributed by atoms with van der Waals surface area (Å²) in [6.07, 6.45) is 1.18. The van der Waals surface area contributed by atoms with Crippen molar-refractivity contribution in [1.29, 1.82) is 0 Å². The van der Waals surface area contributed by atoms with Crippen molar-refractivity contribution in [1.82, 2.24) is 19.6 Å². The molecule has 1 saturated heterocycles. The predicted octanol–water partition coefficient (Wildman–Crippen LogP) is 1.01. The van der Waals surface area contributed by atoms with E-state index in [9.17, 15) is 4.79 Å². The minimum Gasteiger partial charge on any atom is -0.331 e. The number of piperazine rings is 1. The van der Waals surface area contributed by atoms with Crippen molar-refractivity contribution in [2.45, 2.75) is 32.4 Å². The summed E-state index contributed by atoms with van der Waals surface area (Å²) in [6.45, 7) is 8.36. The van der Waals surface area contributed by atoms with Gasteiger partial charge in [0.1, 0.15) is 0 Å². The average molecular weight is 270 g/mol. The van der Waals surface area contributed by atoms with Gasteiger partial charge in [-0.3, -0.25) is 4.90 Å². The average Bonchev–Trinajstić information content (AvgIpc) is 2.30. The molecule has 0 bridgehead atoms. The first-order chi connectivity index (χ1) is 8.82. The summed E-state index contributed by atoms with van der Waals surface area (Å²) in [6, 6.07) is 1.01. The Morgan fingerprint density at radius 2 is 1.63 bits per heavy atom. The third kappa shape index (κ3) is 4.66. The van der Waals surface area contributed by atoms with Gasteiger partial charge in [0, 0.05) is 45.8 Å². The maximum absolute atomic E-state index is 12.0. The summed E-state index contributed by atoms with van der Waals surface area (Å²) in [5.41, 5.74) is 0. The maximum atomic E-state index is 12.0. The second-order valence-electron chi connectivity index (χ2n) is 6.17. The lowest BCUT2D eigenvalue weighted by atomic mass is 10.1. The molecule has 1 heterocycles. The highest BCUT2D eigenvalue weighted by atomic mass is 16.2. The number of amides is 2. The highest BCUT2D eigenvalue weighted by Gasteiger charge is 2.31. The number of carbonyl (C=O) groups is 1. The van der Waals surface area contributed by atoms with Gasteiger partial charge >= 0.3 is 6.03 Å². The quantitative estimate of drug-likeness (QED) is 0.764. The van der Waals surface area contributed by atoms with E-state index >= 15 is 0 Å². The number of nitrogens with zero attached hydrogens (tertiary/aromatic N) is 4. The van der Waals surface area contributed by atoms with Crippen LogP contribution < -0.4 is 0 Å². The number of rotatable bonds is 4. The summed E-state index contributed by atoms with van der Waals surface area (Å²) in [5.74, 6) is 0. The zero-order chi connectivity index (χ0) is 14.6. The first-order valence-corrected chi connectivity index (χ1v) is 7.19. The molecular weight excluding hydrogens is 240 g/mol. The van der Waals surface area contributed by atoms with E-state index in [0.29, 0.717) is 12.1 Å². The van der Waals surface area contributed by atoms with Gasteiger partial charge in [-0.1, -0.05) is 0 Å². The molecule has 2 unspecified atom stereocenters. The molecule has 19 heavy (non-hydrogen) atoms. The highest BCUT2D eigenvalue weighted by Crippen LogP contribution is 2.17. The van der Waals surface area contributed by atoms with E-state index < -0.39 is 0 Å². The van der Waals surface area contributed by atoms with Crippen LogP contribution in [0.25, 0.3) is 0 Å². The zero-order valence-electron chi connectivity index (χ0n) is 13.4. The lowest BCUT2D eigenvalue weighted by Gasteiger charge is -2.45. The van der Waals surface area contributed by atoms with E-state index in [1.54, 1.807) is 4.90 Å². The van der Waals surface area contributed by atoms with Crippen LogP contribution in [0.4, 0.5) is 4.79 Å². The topological polar surface area (TPSA) is 30.0 Å². The van der Waals surface area contributed by atoms with E-state index in [0.717, 1.165) is 26.2 Å². The number of hydrogen-bond donors (Lipinski definition) is 0. The van der Waals surface area contributed by atoms with Gasteiger partial charge in [-0.2, -0.15) is 0 Å². The fourth-order valence-electron chi connectivity index (χ4n) is 2.81. The van der Waals surface area contributed by atoms with Crippen molar-refractivity contribution < 1.29 is 4.79 Å². The molecule has 2 atom stereocenters. The van der Waals surface area contributed by atoms with E-state index in [-0.39, 0.29) is 6.03 Å². The van der Waals surface area contributed by atoms with Crippen LogP contribution in [0.2, 0.25) is 0 Å². The molecule has 5 heteroatoms. The van der Waals surface area contributed by atoms with Crippen LogP contribution >= 0.6 is 0 Å². The molecule has 0 aromatic heterocycles. The van der Waals surface area contributed by atoms with Gasteiger partial charge in [-0.05, 0) is 40.9 Å². The van der Waals surface area contributed by atoms with Gasteiger partial charge in [0.2, 0.25) is 0 Å². The van der Waals surface area contributed by atoms with Gasteiger partial charge in [-0.25, -0.2) is 4.79 Å². The summed E-state index contributed by atoms with van der Waals surface area (Å²) in [7, 11) is 7.86. The van der Waals surface area contributed by atoms with E-state index in [2.05, 4.69) is 37.7 Å². The Labute approximate surface area is 118 Å². The van der Waals surface area contributed by atoms with Crippen LogP contribution in [0, 0.1) is 0 Å². The predicted molar refractivity (Wildman–Crippen MR) is 79.5 cm³/mol. The monoisotopic (exact) mass is 270 g/mol. The SMILES string of the molecule is CC1CN(C(=O)N(C)C)CC(C)N1CCCN(C)C. The lowest BCUT2D eigenvalue weighted by molar-refractivity contribution is 0.0466. The molecule has 0 spiro atoms. The minimum absolute atomic E-state index is 0.131. The van der Waals surface area contributed by atoms with Crippen molar-refractivity contribution in [3.63, 3.8) is 0 Å². The molecule has 5 nitrogen and oxygen atoms in total. The van der Waals surface area contributed by atoms with Gasteiger partial charge < -0.3 is 14.7 Å². The zero-order valence-corrected chi connectivity index (χ0v) is 13.4. The maximum Gasteiger partial charge on any atom is 0.319 e. The molecular formula is C14H30N4O. The molecule has 1 aliphatic rings. The highest BCUT2D eigenvalue weighted by molar-refractivity contribution is 5.74. The summed E-state index contributed by atoms with van der Waals surface area (Å²) in [5, 5.41) is 0. The van der Waals surface area contributed by atoms with Gasteiger partial charge in [-0.15, -0.1) is 0 Å². The Hall–Kier alpha value is -0.810. The fraction of sp³-hybridized carbons (Fsp3) is 0.929. The van der Waals surface area contributed by atoms with Gasteiger partial charge in [0.15, 0.2) is 0 Å². The molecule has 1 aliphatic heterocycles. The van der Waals surface area contributed by atoms with Crippen molar-refractivity contribution in [3.8, 4) is 0 Å². The van der Waals surface area contributed by atoms with Crippen LogP contribution in [0.1, 0.15) is 20.3 Å². The van der Waals surface area contributed by atoms with Crippen molar-refractivity contribution in [3.05, 3.63) is 0 Å². The van der Waals surface area contributed by atoms with Crippen LogP contribution in [0.15, 0.2) is 0 Å². The molecule has 0 aromatic carbocycles. The van der Waals surface area contributed by atoms with Crippen LogP contribution in [0.3, 0.4) is 0 Å². The molecule has 1 fully saturated rings. The van der Waals surface area contributed by atoms with Crippen molar-refractivity contribution in [2.75, 3.05) is 54.4 Å². The normalized spacial score (nSPS) is 24.9. The van der Waals surface area contributed by atoms with E-state index in [4.69, 9.17) is 0 Å². The molecule has 0 aliphatic carbocycles. The van der Waals surface area contributed by atoms with E-state index in [1.807, 2.05) is 19.0 Å². The van der Waals surface area contributed by atoms with Crippen LogP contribution in [0.5, 0.6) is 0 Å². The van der Waals surface area contributed by atoms with Gasteiger partial charge in [0.05, 0.1) is 0 Å². The first kappa shape index (κ1) is 16.2. The smallest absolute Gasteiger partial charge is 0.319 e. The number of carbonyl (C=O) groups excluding carboxylic acids is 1. The lowest BCUT2D eigenvalue weighted by Crippen LogP contribution is -2.59. The molecule has 1 rings (SSSR count). The van der Waals surface area contributed by atoms with Gasteiger partial charge in [0.25, 0.3) is 0 Å². The van der Waals surface area contributed by atoms with Crippen LogP contribution in [-0.2, 0) is 0 Å². The molecule has 0 saturated carbocycles. The fourth-order valence-corrected chi connectivity index (χ4v) is 2.81. The summed E-state index contributed by atoms with van der Waals surface area (Å²) < 4.78 is 0. The molecule has 2 amide bonds. The Balaban J connectivity index is 2.49. The van der Waals surface area contributed by atoms with Crippen molar-refractivity contribution >= 4 is 6.03 Å². The minimum atomic E-state index is 0.131. The third-order valence-electron chi connectivity index (χ3n) is 3.78. The second kappa shape index (κ2) is 7.10. The first-order valence-electron chi connectivity index (χ1n) is 7.19. The molecule has 0 aromatic rings. The Morgan fingerprint density at radius 3 is 2.05 bits per heavy atom. The Morgan fingerprint density at radius 1 is 1.11 bits per heavy atom. The van der Waals surface area contributed by atoms with E-state index in [1.165, 1.54) is 6.42 Å². The standard InChI is InChI=1S/C14H30N4O/c1-12-10-17(14(19)16(5)6)11-13(2)18(12)9-7-8-15(3)4/h12-13H,7-11H2,1-6H3.